The average Bonchev–Trinajstić information content (AvgIpc) is 2.56. The summed E-state index contributed by atoms with van der Waals surface area (Å²) >= 11 is 0. The van der Waals surface area contributed by atoms with Crippen molar-refractivity contribution in [1.29, 1.82) is 0 Å². The van der Waals surface area contributed by atoms with Gasteiger partial charge in [-0.15, -0.1) is 0 Å². The molecule has 0 aliphatic heterocycles. The first-order valence-corrected chi connectivity index (χ1v) is 3.43. The molecular formula is C7H4F2N4. The van der Waals surface area contributed by atoms with Crippen molar-refractivity contribution in [3.8, 4) is 5.82 Å². The van der Waals surface area contributed by atoms with Crippen LogP contribution in [0.15, 0.2) is 24.9 Å². The lowest BCUT2D eigenvalue weighted by Crippen LogP contribution is -2.01. The Morgan fingerprint density at radius 3 is 2.77 bits per heavy atom. The van der Waals surface area contributed by atoms with Crippen LogP contribution < -0.4 is 0 Å². The van der Waals surface area contributed by atoms with Crippen LogP contribution in [0.5, 0.6) is 0 Å². The lowest BCUT2D eigenvalue weighted by Gasteiger charge is -1.99. The maximum absolute atomic E-state index is 13.0. The van der Waals surface area contributed by atoms with Gasteiger partial charge in [0.2, 0.25) is 0 Å². The number of nitrogens with zero attached hydrogens (tertiary/aromatic N) is 4. The van der Waals surface area contributed by atoms with Crippen molar-refractivity contribution in [2.45, 2.75) is 0 Å². The number of halogens is 2. The molecular weight excluding hydrogens is 178 g/mol. The van der Waals surface area contributed by atoms with Crippen LogP contribution in [-0.4, -0.2) is 19.7 Å². The van der Waals surface area contributed by atoms with Gasteiger partial charge in [0.05, 0.1) is 6.20 Å². The molecule has 0 saturated carbocycles. The Bertz CT molecular complexity index is 412. The van der Waals surface area contributed by atoms with E-state index in [1.807, 2.05) is 0 Å². The lowest BCUT2D eigenvalue weighted by molar-refractivity contribution is 0.560. The molecule has 13 heavy (non-hydrogen) atoms. The maximum Gasteiger partial charge on any atom is 0.191 e. The second-order valence-corrected chi connectivity index (χ2v) is 2.30. The van der Waals surface area contributed by atoms with Crippen molar-refractivity contribution in [2.24, 2.45) is 0 Å². The topological polar surface area (TPSA) is 43.6 Å². The predicted molar refractivity (Wildman–Crippen MR) is 39.1 cm³/mol. The first kappa shape index (κ1) is 7.78. The molecule has 0 unspecified atom stereocenters. The van der Waals surface area contributed by atoms with Crippen LogP contribution in [0.4, 0.5) is 8.78 Å². The van der Waals surface area contributed by atoms with Gasteiger partial charge in [-0.25, -0.2) is 18.7 Å². The molecule has 0 spiro atoms. The van der Waals surface area contributed by atoms with Gasteiger partial charge >= 0.3 is 0 Å². The Labute approximate surface area is 71.9 Å². The molecule has 0 aromatic carbocycles. The summed E-state index contributed by atoms with van der Waals surface area (Å²) in [5.74, 6) is -1.56. The van der Waals surface area contributed by atoms with Gasteiger partial charge in [0.25, 0.3) is 0 Å². The van der Waals surface area contributed by atoms with Crippen LogP contribution in [0.2, 0.25) is 0 Å². The molecule has 0 atom stereocenters. The average molecular weight is 182 g/mol. The van der Waals surface area contributed by atoms with Gasteiger partial charge in [-0.1, -0.05) is 0 Å². The first-order valence-electron chi connectivity index (χ1n) is 3.43. The highest BCUT2D eigenvalue weighted by Crippen LogP contribution is 2.08. The van der Waals surface area contributed by atoms with Gasteiger partial charge < -0.3 is 0 Å². The highest BCUT2D eigenvalue weighted by molar-refractivity contribution is 5.22. The highest BCUT2D eigenvalue weighted by atomic mass is 19.1. The molecule has 2 rings (SSSR count). The molecule has 0 amide bonds. The SMILES string of the molecule is Fc1cnc(-n2cncn2)c(F)c1. The minimum atomic E-state index is -0.773. The maximum atomic E-state index is 13.0. The molecule has 0 fully saturated rings. The third kappa shape index (κ3) is 1.37. The molecule has 0 bridgehead atoms. The Morgan fingerprint density at radius 1 is 1.31 bits per heavy atom. The molecule has 2 aromatic heterocycles. The predicted octanol–water partition coefficient (Wildman–Crippen LogP) is 0.941. The van der Waals surface area contributed by atoms with E-state index in [2.05, 4.69) is 15.1 Å². The number of rotatable bonds is 1. The van der Waals surface area contributed by atoms with Crippen molar-refractivity contribution in [2.75, 3.05) is 0 Å². The minimum absolute atomic E-state index is 0.0705. The summed E-state index contributed by atoms with van der Waals surface area (Å²) in [6, 6.07) is 0.740. The molecule has 2 aromatic rings. The molecule has 0 aliphatic rings. The van der Waals surface area contributed by atoms with E-state index in [-0.39, 0.29) is 5.82 Å². The second kappa shape index (κ2) is 2.89. The highest BCUT2D eigenvalue weighted by Gasteiger charge is 2.07. The van der Waals surface area contributed by atoms with Crippen LogP contribution >= 0.6 is 0 Å². The van der Waals surface area contributed by atoms with Gasteiger partial charge in [0.15, 0.2) is 11.6 Å². The fraction of sp³-hybridized carbons (Fsp3) is 0. The molecule has 6 heteroatoms. The Balaban J connectivity index is 2.53. The third-order valence-corrected chi connectivity index (χ3v) is 1.42. The number of hydrogen-bond donors (Lipinski definition) is 0. The largest absolute Gasteiger partial charge is 0.231 e. The quantitative estimate of drug-likeness (QED) is 0.659. The Hall–Kier alpha value is -1.85. The zero-order chi connectivity index (χ0) is 9.26. The van der Waals surface area contributed by atoms with E-state index in [1.54, 1.807) is 0 Å². The molecule has 0 aliphatic carbocycles. The first-order chi connectivity index (χ1) is 6.27. The minimum Gasteiger partial charge on any atom is -0.231 e. The molecule has 0 radical (unpaired) electrons. The van der Waals surface area contributed by atoms with Crippen LogP contribution in [-0.2, 0) is 0 Å². The number of pyridine rings is 1. The Morgan fingerprint density at radius 2 is 2.15 bits per heavy atom. The molecule has 0 saturated heterocycles. The summed E-state index contributed by atoms with van der Waals surface area (Å²) in [5, 5.41) is 3.66. The zero-order valence-corrected chi connectivity index (χ0v) is 6.35. The van der Waals surface area contributed by atoms with Gasteiger partial charge in [0, 0.05) is 6.07 Å². The van der Waals surface area contributed by atoms with E-state index < -0.39 is 11.6 Å². The van der Waals surface area contributed by atoms with Gasteiger partial charge in [0.1, 0.15) is 18.5 Å². The van der Waals surface area contributed by atoms with E-state index in [1.165, 1.54) is 12.7 Å². The summed E-state index contributed by atoms with van der Waals surface area (Å²) < 4.78 is 26.6. The number of hydrogen-bond acceptors (Lipinski definition) is 3. The van der Waals surface area contributed by atoms with Gasteiger partial charge in [-0.05, 0) is 0 Å². The molecule has 66 valence electrons. The van der Waals surface area contributed by atoms with Crippen molar-refractivity contribution in [3.05, 3.63) is 36.6 Å². The third-order valence-electron chi connectivity index (χ3n) is 1.42. The van der Waals surface area contributed by atoms with Crippen molar-refractivity contribution < 1.29 is 8.78 Å². The Kier molecular flexibility index (Phi) is 1.73. The van der Waals surface area contributed by atoms with Crippen molar-refractivity contribution in [3.63, 3.8) is 0 Å². The summed E-state index contributed by atoms with van der Waals surface area (Å²) in [4.78, 5) is 7.14. The smallest absolute Gasteiger partial charge is 0.191 e. The number of aromatic nitrogens is 4. The van der Waals surface area contributed by atoms with Crippen molar-refractivity contribution >= 4 is 0 Å². The summed E-state index contributed by atoms with van der Waals surface area (Å²) in [7, 11) is 0. The van der Waals surface area contributed by atoms with Crippen LogP contribution in [0, 0.1) is 11.6 Å². The fourth-order valence-corrected chi connectivity index (χ4v) is 0.894. The standard InChI is InChI=1S/C7H4F2N4/c8-5-1-6(9)7(11-2-5)13-4-10-3-12-13/h1-4H. The van der Waals surface area contributed by atoms with Gasteiger partial charge in [-0.2, -0.15) is 9.78 Å². The van der Waals surface area contributed by atoms with E-state index in [4.69, 9.17) is 0 Å². The lowest BCUT2D eigenvalue weighted by atomic mass is 10.4. The van der Waals surface area contributed by atoms with Crippen LogP contribution in [0.25, 0.3) is 5.82 Å². The van der Waals surface area contributed by atoms with E-state index in [0.717, 1.165) is 16.9 Å². The van der Waals surface area contributed by atoms with E-state index in [9.17, 15) is 8.78 Å². The summed E-state index contributed by atoms with van der Waals surface area (Å²) in [5.41, 5.74) is 0. The zero-order valence-electron chi connectivity index (χ0n) is 6.35. The van der Waals surface area contributed by atoms with Crippen molar-refractivity contribution in [1.82, 2.24) is 19.7 Å². The second-order valence-electron chi connectivity index (χ2n) is 2.30. The summed E-state index contributed by atoms with van der Waals surface area (Å²) in [6.45, 7) is 0. The van der Waals surface area contributed by atoms with Crippen LogP contribution in [0.3, 0.4) is 0 Å². The molecule has 0 N–H and O–H groups in total. The molecule has 2 heterocycles. The van der Waals surface area contributed by atoms with Gasteiger partial charge in [-0.3, -0.25) is 0 Å². The molecule has 4 nitrogen and oxygen atoms in total. The van der Waals surface area contributed by atoms with E-state index >= 15 is 0 Å². The normalized spacial score (nSPS) is 10.3. The summed E-state index contributed by atoms with van der Waals surface area (Å²) in [6.07, 6.45) is 3.44. The fourth-order valence-electron chi connectivity index (χ4n) is 0.894. The monoisotopic (exact) mass is 182 g/mol. The van der Waals surface area contributed by atoms with Crippen LogP contribution in [0.1, 0.15) is 0 Å². The van der Waals surface area contributed by atoms with E-state index in [0.29, 0.717) is 0 Å².